The van der Waals surface area contributed by atoms with Gasteiger partial charge in [0, 0.05) is 36.7 Å². The highest BCUT2D eigenvalue weighted by Crippen LogP contribution is 2.38. The predicted octanol–water partition coefficient (Wildman–Crippen LogP) is 1.83. The molecule has 2 nitrogen and oxygen atoms in total. The molecule has 1 rings (SSSR count). The molecule has 1 saturated heterocycles. The molecular formula is C12H26N2S2. The normalized spacial score (nSPS) is 35.6. The van der Waals surface area contributed by atoms with Gasteiger partial charge in [-0.3, -0.25) is 0 Å². The van der Waals surface area contributed by atoms with E-state index in [2.05, 4.69) is 38.3 Å². The van der Waals surface area contributed by atoms with E-state index in [1.54, 1.807) is 0 Å². The molecule has 0 aromatic heterocycles. The molecule has 0 amide bonds. The number of rotatable bonds is 0. The van der Waals surface area contributed by atoms with Crippen molar-refractivity contribution in [3.63, 3.8) is 0 Å². The Morgan fingerprint density at radius 1 is 0.812 bits per heavy atom. The van der Waals surface area contributed by atoms with Crippen LogP contribution in [0.25, 0.3) is 0 Å². The van der Waals surface area contributed by atoms with E-state index in [0.29, 0.717) is 10.5 Å². The molecule has 1 aliphatic rings. The van der Waals surface area contributed by atoms with E-state index in [0.717, 1.165) is 26.2 Å². The summed E-state index contributed by atoms with van der Waals surface area (Å²) in [5.74, 6) is 0. The van der Waals surface area contributed by atoms with Gasteiger partial charge < -0.3 is 10.6 Å². The van der Waals surface area contributed by atoms with Gasteiger partial charge in [0.15, 0.2) is 0 Å². The fourth-order valence-corrected chi connectivity index (χ4v) is 3.05. The molecule has 2 unspecified atom stereocenters. The molecule has 0 aromatic rings. The lowest BCUT2D eigenvalue weighted by atomic mass is 9.77. The molecule has 1 fully saturated rings. The summed E-state index contributed by atoms with van der Waals surface area (Å²) in [6, 6.07) is 0. The van der Waals surface area contributed by atoms with Gasteiger partial charge in [-0.25, -0.2) is 0 Å². The second-order valence-electron chi connectivity index (χ2n) is 6.22. The van der Waals surface area contributed by atoms with E-state index in [9.17, 15) is 0 Å². The zero-order valence-electron chi connectivity index (χ0n) is 10.9. The third kappa shape index (κ3) is 3.56. The second-order valence-corrected chi connectivity index (χ2v) is 7.33. The second kappa shape index (κ2) is 5.51. The lowest BCUT2D eigenvalue weighted by Crippen LogP contribution is -2.51. The van der Waals surface area contributed by atoms with Crippen LogP contribution in [-0.2, 0) is 0 Å². The predicted molar refractivity (Wildman–Crippen MR) is 78.8 cm³/mol. The maximum atomic E-state index is 4.81. The topological polar surface area (TPSA) is 24.1 Å². The zero-order valence-corrected chi connectivity index (χ0v) is 12.7. The molecule has 2 N–H and O–H groups in total. The summed E-state index contributed by atoms with van der Waals surface area (Å²) >= 11 is 9.61. The van der Waals surface area contributed by atoms with Gasteiger partial charge in [-0.05, 0) is 10.8 Å². The first-order valence-corrected chi connectivity index (χ1v) is 7.08. The highest BCUT2D eigenvalue weighted by atomic mass is 32.1. The van der Waals surface area contributed by atoms with Gasteiger partial charge in [-0.15, -0.1) is 0 Å². The Kier molecular flexibility index (Phi) is 5.05. The van der Waals surface area contributed by atoms with E-state index >= 15 is 0 Å². The van der Waals surface area contributed by atoms with Crippen LogP contribution in [0, 0.1) is 10.8 Å². The van der Waals surface area contributed by atoms with Gasteiger partial charge in [0.2, 0.25) is 0 Å². The first kappa shape index (κ1) is 14.7. The van der Waals surface area contributed by atoms with Crippen molar-refractivity contribution >= 4 is 25.3 Å². The minimum atomic E-state index is 0.171. The van der Waals surface area contributed by atoms with Crippen LogP contribution >= 0.6 is 25.3 Å². The third-order valence-electron chi connectivity index (χ3n) is 3.54. The lowest BCUT2D eigenvalue weighted by Gasteiger charge is -2.43. The largest absolute Gasteiger partial charge is 0.315 e. The van der Waals surface area contributed by atoms with E-state index in [1.807, 2.05) is 0 Å². The minimum Gasteiger partial charge on any atom is -0.315 e. The first-order chi connectivity index (χ1) is 7.27. The van der Waals surface area contributed by atoms with Gasteiger partial charge in [0.1, 0.15) is 0 Å². The van der Waals surface area contributed by atoms with Crippen LogP contribution in [0.2, 0.25) is 0 Å². The number of nitrogens with one attached hydrogen (secondary N) is 2. The Morgan fingerprint density at radius 2 is 1.12 bits per heavy atom. The summed E-state index contributed by atoms with van der Waals surface area (Å²) < 4.78 is 0. The number of thiol groups is 2. The number of hydrogen-bond donors (Lipinski definition) is 4. The summed E-state index contributed by atoms with van der Waals surface area (Å²) in [6.45, 7) is 13.1. The molecular weight excluding hydrogens is 236 g/mol. The molecule has 16 heavy (non-hydrogen) atoms. The fraction of sp³-hybridized carbons (Fsp3) is 1.00. The molecule has 0 aliphatic carbocycles. The average molecular weight is 262 g/mol. The van der Waals surface area contributed by atoms with E-state index < -0.39 is 0 Å². The highest BCUT2D eigenvalue weighted by molar-refractivity contribution is 7.85. The summed E-state index contributed by atoms with van der Waals surface area (Å²) in [4.78, 5) is 0. The third-order valence-corrected chi connectivity index (χ3v) is 5.77. The van der Waals surface area contributed by atoms with Crippen LogP contribution in [0.4, 0.5) is 0 Å². The molecule has 1 heterocycles. The van der Waals surface area contributed by atoms with Crippen LogP contribution in [0.5, 0.6) is 0 Å². The smallest absolute Gasteiger partial charge is 0.0202 e. The zero-order chi connectivity index (χ0) is 12.4. The minimum absolute atomic E-state index is 0.171. The monoisotopic (exact) mass is 262 g/mol. The molecule has 96 valence electrons. The van der Waals surface area contributed by atoms with Crippen molar-refractivity contribution in [1.82, 2.24) is 10.6 Å². The van der Waals surface area contributed by atoms with Crippen molar-refractivity contribution in [2.45, 2.75) is 38.2 Å². The van der Waals surface area contributed by atoms with Gasteiger partial charge in [0.05, 0.1) is 0 Å². The summed E-state index contributed by atoms with van der Waals surface area (Å²) in [7, 11) is 0. The molecule has 4 heteroatoms. The van der Waals surface area contributed by atoms with Crippen LogP contribution in [0.15, 0.2) is 0 Å². The Bertz CT molecular complexity index is 205. The van der Waals surface area contributed by atoms with E-state index in [1.165, 1.54) is 0 Å². The van der Waals surface area contributed by atoms with Crippen LogP contribution in [0.1, 0.15) is 27.7 Å². The van der Waals surface area contributed by atoms with Gasteiger partial charge >= 0.3 is 0 Å². The molecule has 0 saturated carbocycles. The van der Waals surface area contributed by atoms with Crippen molar-refractivity contribution in [1.29, 1.82) is 0 Å². The SMILES string of the molecule is CC1(C)CNCCNCC(C)(C)C(S)C1S. The summed E-state index contributed by atoms with van der Waals surface area (Å²) in [5.41, 5.74) is 0.342. The molecule has 0 spiro atoms. The molecule has 1 aliphatic heterocycles. The summed E-state index contributed by atoms with van der Waals surface area (Å²) in [6.07, 6.45) is 0. The Balaban J connectivity index is 2.82. The van der Waals surface area contributed by atoms with Crippen LogP contribution in [-0.4, -0.2) is 36.7 Å². The Labute approximate surface area is 111 Å². The molecule has 0 aromatic carbocycles. The molecule has 2 atom stereocenters. The fourth-order valence-electron chi connectivity index (χ4n) is 2.06. The van der Waals surface area contributed by atoms with Gasteiger partial charge in [-0.2, -0.15) is 25.3 Å². The molecule has 0 radical (unpaired) electrons. The van der Waals surface area contributed by atoms with E-state index in [-0.39, 0.29) is 10.8 Å². The van der Waals surface area contributed by atoms with Crippen LogP contribution in [0.3, 0.4) is 0 Å². The molecule has 0 bridgehead atoms. The van der Waals surface area contributed by atoms with E-state index in [4.69, 9.17) is 25.3 Å². The Hall–Kier alpha value is 0.620. The van der Waals surface area contributed by atoms with Crippen LogP contribution < -0.4 is 10.6 Å². The standard InChI is InChI=1S/C12H26N2S2/c1-11(2)7-13-5-6-14-8-12(3,4)10(16)9(11)15/h9-10,13-16H,5-8H2,1-4H3. The quantitative estimate of drug-likeness (QED) is 0.501. The number of hydrogen-bond acceptors (Lipinski definition) is 4. The van der Waals surface area contributed by atoms with Crippen molar-refractivity contribution in [2.24, 2.45) is 10.8 Å². The van der Waals surface area contributed by atoms with Gasteiger partial charge in [-0.1, -0.05) is 27.7 Å². The Morgan fingerprint density at radius 3 is 1.44 bits per heavy atom. The maximum Gasteiger partial charge on any atom is 0.0202 e. The van der Waals surface area contributed by atoms with Crippen molar-refractivity contribution < 1.29 is 0 Å². The average Bonchev–Trinajstić information content (AvgIpc) is 2.19. The van der Waals surface area contributed by atoms with Crippen molar-refractivity contribution in [2.75, 3.05) is 26.2 Å². The summed E-state index contributed by atoms with van der Waals surface area (Å²) in [5, 5.41) is 7.54. The first-order valence-electron chi connectivity index (χ1n) is 6.05. The maximum absolute atomic E-state index is 4.81. The van der Waals surface area contributed by atoms with Crippen molar-refractivity contribution in [3.05, 3.63) is 0 Å². The van der Waals surface area contributed by atoms with Crippen molar-refractivity contribution in [3.8, 4) is 0 Å². The highest BCUT2D eigenvalue weighted by Gasteiger charge is 2.39. The lowest BCUT2D eigenvalue weighted by molar-refractivity contribution is 0.238. The van der Waals surface area contributed by atoms with Gasteiger partial charge in [0.25, 0.3) is 0 Å².